The SMILES string of the molecule is O=C(c1ccsc1)N1CCC[C@]2(C[C@H](Oc3ccccn3)CO2)C1. The Hall–Kier alpha value is -1.92. The van der Waals surface area contributed by atoms with Crippen molar-refractivity contribution in [2.45, 2.75) is 31.0 Å². The van der Waals surface area contributed by atoms with Gasteiger partial charge in [-0.15, -0.1) is 0 Å². The number of carbonyl (C=O) groups excluding carboxylic acids is 1. The zero-order valence-corrected chi connectivity index (χ0v) is 14.2. The Morgan fingerprint density at radius 3 is 3.17 bits per heavy atom. The first-order valence-electron chi connectivity index (χ1n) is 8.27. The lowest BCUT2D eigenvalue weighted by Crippen LogP contribution is -2.50. The Morgan fingerprint density at radius 1 is 1.42 bits per heavy atom. The van der Waals surface area contributed by atoms with Gasteiger partial charge in [-0.1, -0.05) is 6.07 Å². The van der Waals surface area contributed by atoms with E-state index in [2.05, 4.69) is 4.98 Å². The van der Waals surface area contributed by atoms with Crippen molar-refractivity contribution < 1.29 is 14.3 Å². The van der Waals surface area contributed by atoms with Gasteiger partial charge >= 0.3 is 0 Å². The quantitative estimate of drug-likeness (QED) is 0.859. The van der Waals surface area contributed by atoms with Gasteiger partial charge in [-0.05, 0) is 30.4 Å². The molecule has 2 aliphatic heterocycles. The van der Waals surface area contributed by atoms with Gasteiger partial charge in [-0.3, -0.25) is 4.79 Å². The molecule has 0 saturated carbocycles. The van der Waals surface area contributed by atoms with Gasteiger partial charge in [0.2, 0.25) is 5.88 Å². The maximum atomic E-state index is 12.6. The van der Waals surface area contributed by atoms with Crippen LogP contribution in [0.3, 0.4) is 0 Å². The summed E-state index contributed by atoms with van der Waals surface area (Å²) in [5.41, 5.74) is 0.500. The molecule has 2 aromatic rings. The fraction of sp³-hybridized carbons (Fsp3) is 0.444. The van der Waals surface area contributed by atoms with Crippen LogP contribution < -0.4 is 4.74 Å². The molecule has 0 aromatic carbocycles. The minimum atomic E-state index is -0.274. The van der Waals surface area contributed by atoms with E-state index in [1.54, 1.807) is 17.5 Å². The number of ether oxygens (including phenoxy) is 2. The summed E-state index contributed by atoms with van der Waals surface area (Å²) in [4.78, 5) is 18.7. The molecule has 2 aromatic heterocycles. The molecule has 2 saturated heterocycles. The third-order valence-electron chi connectivity index (χ3n) is 4.70. The van der Waals surface area contributed by atoms with Gasteiger partial charge < -0.3 is 14.4 Å². The van der Waals surface area contributed by atoms with Gasteiger partial charge in [-0.25, -0.2) is 4.98 Å². The van der Waals surface area contributed by atoms with Crippen molar-refractivity contribution in [1.29, 1.82) is 0 Å². The van der Waals surface area contributed by atoms with E-state index in [-0.39, 0.29) is 17.6 Å². The van der Waals surface area contributed by atoms with E-state index >= 15 is 0 Å². The largest absolute Gasteiger partial charge is 0.472 e. The Morgan fingerprint density at radius 2 is 2.38 bits per heavy atom. The molecule has 6 heteroatoms. The highest BCUT2D eigenvalue weighted by atomic mass is 32.1. The maximum Gasteiger partial charge on any atom is 0.254 e. The first-order valence-corrected chi connectivity index (χ1v) is 9.22. The van der Waals surface area contributed by atoms with Crippen LogP contribution in [-0.4, -0.2) is 47.2 Å². The smallest absolute Gasteiger partial charge is 0.254 e. The third kappa shape index (κ3) is 3.16. The summed E-state index contributed by atoms with van der Waals surface area (Å²) in [5, 5.41) is 3.85. The van der Waals surface area contributed by atoms with E-state index in [1.807, 2.05) is 39.9 Å². The van der Waals surface area contributed by atoms with Crippen LogP contribution >= 0.6 is 11.3 Å². The number of carbonyl (C=O) groups is 1. The molecule has 4 rings (SSSR count). The second-order valence-corrected chi connectivity index (χ2v) is 7.23. The van der Waals surface area contributed by atoms with Crippen molar-refractivity contribution in [3.8, 4) is 5.88 Å². The normalized spacial score (nSPS) is 26.7. The molecule has 126 valence electrons. The monoisotopic (exact) mass is 344 g/mol. The molecule has 1 amide bonds. The van der Waals surface area contributed by atoms with E-state index in [9.17, 15) is 4.79 Å². The molecular formula is C18H20N2O3S. The molecule has 1 spiro atoms. The van der Waals surface area contributed by atoms with Crippen LogP contribution in [-0.2, 0) is 4.74 Å². The number of hydrogen-bond acceptors (Lipinski definition) is 5. The molecule has 2 aliphatic rings. The van der Waals surface area contributed by atoms with Gasteiger partial charge in [0, 0.05) is 30.6 Å². The lowest BCUT2D eigenvalue weighted by molar-refractivity contribution is -0.0453. The van der Waals surface area contributed by atoms with E-state index in [0.717, 1.165) is 31.4 Å². The van der Waals surface area contributed by atoms with Gasteiger partial charge in [0.1, 0.15) is 6.10 Å². The van der Waals surface area contributed by atoms with Crippen molar-refractivity contribution in [2.24, 2.45) is 0 Å². The molecule has 0 bridgehead atoms. The number of hydrogen-bond donors (Lipinski definition) is 0. The molecule has 0 radical (unpaired) electrons. The summed E-state index contributed by atoms with van der Waals surface area (Å²) in [6.07, 6.45) is 4.46. The summed E-state index contributed by atoms with van der Waals surface area (Å²) in [5.74, 6) is 0.734. The van der Waals surface area contributed by atoms with Crippen molar-refractivity contribution in [1.82, 2.24) is 9.88 Å². The standard InChI is InChI=1S/C18H20N2O3S/c21-17(14-5-9-24-12-14)20-8-3-6-18(13-20)10-15(11-22-18)23-16-4-1-2-7-19-16/h1-2,4-5,7,9,12,15H,3,6,8,10-11,13H2/t15-,18-/m0/s1. The number of pyridine rings is 1. The lowest BCUT2D eigenvalue weighted by Gasteiger charge is -2.39. The third-order valence-corrected chi connectivity index (χ3v) is 5.38. The van der Waals surface area contributed by atoms with E-state index in [0.29, 0.717) is 19.0 Å². The Labute approximate surface area is 145 Å². The van der Waals surface area contributed by atoms with E-state index in [4.69, 9.17) is 9.47 Å². The molecule has 24 heavy (non-hydrogen) atoms. The number of piperidine rings is 1. The number of thiophene rings is 1. The zero-order chi connectivity index (χ0) is 16.4. The van der Waals surface area contributed by atoms with Gasteiger partial charge in [-0.2, -0.15) is 11.3 Å². The zero-order valence-electron chi connectivity index (χ0n) is 13.4. The molecule has 4 heterocycles. The minimum Gasteiger partial charge on any atom is -0.472 e. The highest BCUT2D eigenvalue weighted by Crippen LogP contribution is 2.36. The predicted molar refractivity (Wildman–Crippen MR) is 91.4 cm³/mol. The molecule has 0 unspecified atom stereocenters. The number of aromatic nitrogens is 1. The molecule has 0 aliphatic carbocycles. The van der Waals surface area contributed by atoms with Crippen LogP contribution in [0.4, 0.5) is 0 Å². The van der Waals surface area contributed by atoms with Crippen molar-refractivity contribution in [3.63, 3.8) is 0 Å². The van der Waals surface area contributed by atoms with Crippen LogP contribution in [0.25, 0.3) is 0 Å². The van der Waals surface area contributed by atoms with Crippen LogP contribution in [0.5, 0.6) is 5.88 Å². The van der Waals surface area contributed by atoms with Crippen LogP contribution in [0.1, 0.15) is 29.6 Å². The van der Waals surface area contributed by atoms with Crippen molar-refractivity contribution >= 4 is 17.2 Å². The van der Waals surface area contributed by atoms with Crippen LogP contribution in [0.2, 0.25) is 0 Å². The Balaban J connectivity index is 1.41. The summed E-state index contributed by atoms with van der Waals surface area (Å²) in [7, 11) is 0. The number of likely N-dealkylation sites (tertiary alicyclic amines) is 1. The highest BCUT2D eigenvalue weighted by Gasteiger charge is 2.45. The van der Waals surface area contributed by atoms with Gasteiger partial charge in [0.25, 0.3) is 5.91 Å². The summed E-state index contributed by atoms with van der Waals surface area (Å²) >= 11 is 1.55. The molecular weight excluding hydrogens is 324 g/mol. The van der Waals surface area contributed by atoms with Gasteiger partial charge in [0.15, 0.2) is 0 Å². The Kier molecular flexibility index (Phi) is 4.24. The van der Waals surface area contributed by atoms with Crippen LogP contribution in [0, 0.1) is 0 Å². The minimum absolute atomic E-state index is 0.00361. The average Bonchev–Trinajstić information content (AvgIpc) is 3.26. The van der Waals surface area contributed by atoms with E-state index < -0.39 is 0 Å². The molecule has 0 N–H and O–H groups in total. The maximum absolute atomic E-state index is 12.6. The van der Waals surface area contributed by atoms with Crippen LogP contribution in [0.15, 0.2) is 41.2 Å². The number of amides is 1. The first kappa shape index (κ1) is 15.6. The van der Waals surface area contributed by atoms with Crippen molar-refractivity contribution in [3.05, 3.63) is 46.8 Å². The number of rotatable bonds is 3. The first-order chi connectivity index (χ1) is 11.7. The lowest BCUT2D eigenvalue weighted by atomic mass is 9.89. The summed E-state index contributed by atoms with van der Waals surface area (Å²) in [6.45, 7) is 1.99. The summed E-state index contributed by atoms with van der Waals surface area (Å²) < 4.78 is 12.1. The van der Waals surface area contributed by atoms with E-state index in [1.165, 1.54) is 0 Å². The Bertz CT molecular complexity index is 692. The molecule has 2 atom stereocenters. The molecule has 5 nitrogen and oxygen atoms in total. The topological polar surface area (TPSA) is 51.7 Å². The fourth-order valence-electron chi connectivity index (χ4n) is 3.59. The average molecular weight is 344 g/mol. The predicted octanol–water partition coefficient (Wildman–Crippen LogP) is 2.99. The highest BCUT2D eigenvalue weighted by molar-refractivity contribution is 7.08. The number of nitrogens with zero attached hydrogens (tertiary/aromatic N) is 2. The second-order valence-electron chi connectivity index (χ2n) is 6.45. The summed E-state index contributed by atoms with van der Waals surface area (Å²) in [6, 6.07) is 7.53. The molecule has 2 fully saturated rings. The van der Waals surface area contributed by atoms with Gasteiger partial charge in [0.05, 0.1) is 24.3 Å². The van der Waals surface area contributed by atoms with Crippen molar-refractivity contribution in [2.75, 3.05) is 19.7 Å². The fourth-order valence-corrected chi connectivity index (χ4v) is 4.22. The second kappa shape index (κ2) is 6.53.